The summed E-state index contributed by atoms with van der Waals surface area (Å²) >= 11 is 0. The molecule has 3 N–H and O–H groups in total. The van der Waals surface area contributed by atoms with Gasteiger partial charge in [-0.2, -0.15) is 0 Å². The van der Waals surface area contributed by atoms with Crippen molar-refractivity contribution in [2.75, 3.05) is 19.8 Å². The van der Waals surface area contributed by atoms with Crippen molar-refractivity contribution in [2.24, 2.45) is 17.1 Å². The number of rotatable bonds is 4. The Hall–Kier alpha value is -0.650. The molecule has 5 heteroatoms. The lowest BCUT2D eigenvalue weighted by atomic mass is 9.54. The maximum absolute atomic E-state index is 12.9. The number of hydrogen-bond acceptors (Lipinski definition) is 4. The van der Waals surface area contributed by atoms with Crippen LogP contribution in [0.2, 0.25) is 0 Å². The summed E-state index contributed by atoms with van der Waals surface area (Å²) in [6.45, 7) is 9.38. The molecule has 4 unspecified atom stereocenters. The molecule has 0 aromatic carbocycles. The summed E-state index contributed by atoms with van der Waals surface area (Å²) in [5.41, 5.74) is 5.19. The fourth-order valence-corrected chi connectivity index (χ4v) is 3.59. The molecule has 5 nitrogen and oxygen atoms in total. The third-order valence-electron chi connectivity index (χ3n) is 5.54. The van der Waals surface area contributed by atoms with Crippen molar-refractivity contribution >= 4 is 5.91 Å². The number of nitrogens with two attached hydrogens (primary N) is 1. The second-order valence-electron chi connectivity index (χ2n) is 6.86. The molecule has 20 heavy (non-hydrogen) atoms. The number of ether oxygens (including phenoxy) is 1. The van der Waals surface area contributed by atoms with Crippen molar-refractivity contribution in [1.29, 1.82) is 0 Å². The molecular formula is C15H28N2O3. The van der Waals surface area contributed by atoms with Gasteiger partial charge < -0.3 is 20.5 Å². The molecule has 1 aliphatic heterocycles. The van der Waals surface area contributed by atoms with Crippen LogP contribution in [-0.4, -0.2) is 53.4 Å². The topological polar surface area (TPSA) is 75.8 Å². The molecule has 0 aromatic rings. The fourth-order valence-electron chi connectivity index (χ4n) is 3.59. The first-order valence-electron chi connectivity index (χ1n) is 7.62. The highest BCUT2D eigenvalue weighted by Gasteiger charge is 2.64. The minimum atomic E-state index is -0.871. The normalized spacial score (nSPS) is 39.7. The zero-order valence-corrected chi connectivity index (χ0v) is 13.1. The Morgan fingerprint density at radius 3 is 2.65 bits per heavy atom. The second-order valence-corrected chi connectivity index (χ2v) is 6.86. The Morgan fingerprint density at radius 1 is 1.50 bits per heavy atom. The van der Waals surface area contributed by atoms with E-state index >= 15 is 0 Å². The lowest BCUT2D eigenvalue weighted by Crippen LogP contribution is -2.76. The Labute approximate surface area is 121 Å². The molecule has 1 aliphatic carbocycles. The molecule has 0 bridgehead atoms. The second kappa shape index (κ2) is 5.28. The van der Waals surface area contributed by atoms with Crippen molar-refractivity contribution in [3.8, 4) is 0 Å². The molecule has 0 spiro atoms. The van der Waals surface area contributed by atoms with Crippen molar-refractivity contribution in [3.05, 3.63) is 0 Å². The first-order valence-corrected chi connectivity index (χ1v) is 7.62. The Balaban J connectivity index is 2.14. The van der Waals surface area contributed by atoms with E-state index < -0.39 is 5.54 Å². The Morgan fingerprint density at radius 2 is 2.15 bits per heavy atom. The van der Waals surface area contributed by atoms with Gasteiger partial charge in [-0.25, -0.2) is 0 Å². The lowest BCUT2D eigenvalue weighted by Gasteiger charge is -2.58. The maximum Gasteiger partial charge on any atom is 0.243 e. The highest BCUT2D eigenvalue weighted by Crippen LogP contribution is 2.51. The Kier molecular flexibility index (Phi) is 4.15. The van der Waals surface area contributed by atoms with E-state index in [1.54, 1.807) is 4.90 Å². The van der Waals surface area contributed by atoms with Gasteiger partial charge in [-0.3, -0.25) is 4.79 Å². The highest BCUT2D eigenvalue weighted by molar-refractivity contribution is 5.89. The van der Waals surface area contributed by atoms with Gasteiger partial charge >= 0.3 is 0 Å². The predicted molar refractivity (Wildman–Crippen MR) is 77.1 cm³/mol. The summed E-state index contributed by atoms with van der Waals surface area (Å²) < 4.78 is 5.68. The van der Waals surface area contributed by atoms with Crippen LogP contribution in [0, 0.1) is 11.3 Å². The van der Waals surface area contributed by atoms with Crippen LogP contribution >= 0.6 is 0 Å². The van der Waals surface area contributed by atoms with E-state index in [1.165, 1.54) is 0 Å². The molecule has 4 atom stereocenters. The van der Waals surface area contributed by atoms with E-state index in [0.29, 0.717) is 25.5 Å². The first-order chi connectivity index (χ1) is 9.29. The molecule has 2 fully saturated rings. The van der Waals surface area contributed by atoms with Gasteiger partial charge in [0, 0.05) is 25.0 Å². The number of nitrogens with zero attached hydrogens (tertiary/aromatic N) is 1. The summed E-state index contributed by atoms with van der Waals surface area (Å²) in [7, 11) is 0. The number of aliphatic hydroxyl groups is 1. The van der Waals surface area contributed by atoms with Crippen LogP contribution in [0.3, 0.4) is 0 Å². The molecule has 116 valence electrons. The van der Waals surface area contributed by atoms with Crippen LogP contribution < -0.4 is 5.73 Å². The standard InChI is InChI=1S/C15H28N2O3/c1-5-20-12-8-15(16,14(12,3)4)13(19)17-7-6-10(2)11(17)9-18/h10-12,18H,5-9,16H2,1-4H3. The third kappa shape index (κ3) is 2.07. The highest BCUT2D eigenvalue weighted by atomic mass is 16.5. The quantitative estimate of drug-likeness (QED) is 0.799. The van der Waals surface area contributed by atoms with E-state index in [2.05, 4.69) is 6.92 Å². The van der Waals surface area contributed by atoms with E-state index in [9.17, 15) is 9.90 Å². The lowest BCUT2D eigenvalue weighted by molar-refractivity contribution is -0.180. The monoisotopic (exact) mass is 284 g/mol. The van der Waals surface area contributed by atoms with Gasteiger partial charge in [0.2, 0.25) is 5.91 Å². The number of likely N-dealkylation sites (tertiary alicyclic amines) is 1. The van der Waals surface area contributed by atoms with Crippen LogP contribution in [0.15, 0.2) is 0 Å². The minimum Gasteiger partial charge on any atom is -0.394 e. The van der Waals surface area contributed by atoms with Crippen molar-refractivity contribution < 1.29 is 14.6 Å². The average molecular weight is 284 g/mol. The van der Waals surface area contributed by atoms with Crippen molar-refractivity contribution in [1.82, 2.24) is 4.90 Å². The van der Waals surface area contributed by atoms with Crippen LogP contribution in [-0.2, 0) is 9.53 Å². The largest absolute Gasteiger partial charge is 0.394 e. The van der Waals surface area contributed by atoms with E-state index in [1.807, 2.05) is 20.8 Å². The summed E-state index contributed by atoms with van der Waals surface area (Å²) in [6.07, 6.45) is 1.53. The van der Waals surface area contributed by atoms with Gasteiger partial charge in [0.1, 0.15) is 5.54 Å². The smallest absolute Gasteiger partial charge is 0.243 e. The van der Waals surface area contributed by atoms with Gasteiger partial charge in [0.25, 0.3) is 0 Å². The summed E-state index contributed by atoms with van der Waals surface area (Å²) in [5.74, 6) is 0.306. The fraction of sp³-hybridized carbons (Fsp3) is 0.933. The zero-order chi connectivity index (χ0) is 15.1. The Bertz CT molecular complexity index is 385. The average Bonchev–Trinajstić information content (AvgIpc) is 2.78. The van der Waals surface area contributed by atoms with Crippen LogP contribution in [0.1, 0.15) is 40.5 Å². The van der Waals surface area contributed by atoms with Crippen LogP contribution in [0.5, 0.6) is 0 Å². The van der Waals surface area contributed by atoms with E-state index in [-0.39, 0.29) is 30.1 Å². The molecule has 2 aliphatic rings. The summed E-state index contributed by atoms with van der Waals surface area (Å²) in [4.78, 5) is 14.7. The van der Waals surface area contributed by atoms with Gasteiger partial charge in [-0.05, 0) is 19.3 Å². The number of amides is 1. The van der Waals surface area contributed by atoms with Gasteiger partial charge in [-0.15, -0.1) is 0 Å². The van der Waals surface area contributed by atoms with Gasteiger partial charge in [0.15, 0.2) is 0 Å². The summed E-state index contributed by atoms with van der Waals surface area (Å²) in [5, 5.41) is 9.52. The summed E-state index contributed by atoms with van der Waals surface area (Å²) in [6, 6.07) is -0.0927. The third-order valence-corrected chi connectivity index (χ3v) is 5.54. The number of carbonyl (C=O) groups is 1. The minimum absolute atomic E-state index is 0.0122. The molecule has 0 radical (unpaired) electrons. The van der Waals surface area contributed by atoms with Gasteiger partial charge in [-0.1, -0.05) is 20.8 Å². The number of aliphatic hydroxyl groups excluding tert-OH is 1. The maximum atomic E-state index is 12.9. The molecule has 1 heterocycles. The number of hydrogen-bond donors (Lipinski definition) is 2. The molecule has 0 aromatic heterocycles. The zero-order valence-electron chi connectivity index (χ0n) is 13.1. The molecule has 1 amide bonds. The van der Waals surface area contributed by atoms with Crippen molar-refractivity contribution in [3.63, 3.8) is 0 Å². The van der Waals surface area contributed by atoms with Crippen LogP contribution in [0.4, 0.5) is 0 Å². The predicted octanol–water partition coefficient (Wildman–Crippen LogP) is 0.748. The van der Waals surface area contributed by atoms with Gasteiger partial charge in [0.05, 0.1) is 18.8 Å². The first kappa shape index (κ1) is 15.7. The molecule has 1 saturated carbocycles. The van der Waals surface area contributed by atoms with E-state index in [4.69, 9.17) is 10.5 Å². The van der Waals surface area contributed by atoms with Crippen LogP contribution in [0.25, 0.3) is 0 Å². The molecular weight excluding hydrogens is 256 g/mol. The SMILES string of the molecule is CCOC1CC(N)(C(=O)N2CCC(C)C2CO)C1(C)C. The number of carbonyl (C=O) groups excluding carboxylic acids is 1. The molecule has 2 rings (SSSR count). The van der Waals surface area contributed by atoms with Crippen molar-refractivity contribution in [2.45, 2.75) is 58.2 Å². The molecule has 1 saturated heterocycles. The van der Waals surface area contributed by atoms with E-state index in [0.717, 1.165) is 6.42 Å².